The number of hydrogen-bond acceptors (Lipinski definition) is 3. The molecule has 0 heterocycles. The first-order valence-electron chi connectivity index (χ1n) is 8.13. The smallest absolute Gasteiger partial charge is 0.344 e. The van der Waals surface area contributed by atoms with Gasteiger partial charge in [-0.25, -0.2) is 4.79 Å². The second kappa shape index (κ2) is 8.29. The number of ether oxygens (including phenoxy) is 1. The van der Waals surface area contributed by atoms with E-state index in [1.807, 2.05) is 24.3 Å². The van der Waals surface area contributed by atoms with Gasteiger partial charge in [-0.2, -0.15) is 0 Å². The van der Waals surface area contributed by atoms with Crippen LogP contribution in [0.4, 0.5) is 5.69 Å². The van der Waals surface area contributed by atoms with Gasteiger partial charge in [0.15, 0.2) is 6.10 Å². The predicted octanol–water partition coefficient (Wildman–Crippen LogP) is 4.80. The van der Waals surface area contributed by atoms with Gasteiger partial charge in [0.2, 0.25) is 0 Å². The largest absolute Gasteiger partial charge is 0.479 e. The van der Waals surface area contributed by atoms with Crippen LogP contribution in [0.3, 0.4) is 0 Å². The van der Waals surface area contributed by atoms with E-state index in [-0.39, 0.29) is 0 Å². The highest BCUT2D eigenvalue weighted by Crippen LogP contribution is 2.22. The van der Waals surface area contributed by atoms with E-state index in [0.29, 0.717) is 11.7 Å². The fourth-order valence-corrected chi connectivity index (χ4v) is 2.16. The van der Waals surface area contributed by atoms with Gasteiger partial charge in [0.1, 0.15) is 5.75 Å². The maximum absolute atomic E-state index is 10.8. The van der Waals surface area contributed by atoms with Crippen LogP contribution in [0, 0.1) is 0 Å². The number of nitrogens with zero attached hydrogens (tertiary/aromatic N) is 1. The molecule has 0 saturated carbocycles. The Hall–Kier alpha value is -2.62. The molecule has 2 rings (SSSR count). The van der Waals surface area contributed by atoms with E-state index in [2.05, 4.69) is 31.0 Å². The van der Waals surface area contributed by atoms with E-state index in [1.54, 1.807) is 18.3 Å². The molecule has 126 valence electrons. The molecule has 2 aromatic rings. The fraction of sp³-hybridized carbons (Fsp3) is 0.300. The van der Waals surface area contributed by atoms with Crippen LogP contribution in [0.15, 0.2) is 53.5 Å². The maximum Gasteiger partial charge on any atom is 0.344 e. The van der Waals surface area contributed by atoms with E-state index >= 15 is 0 Å². The number of carbonyl (C=O) groups is 1. The highest BCUT2D eigenvalue weighted by atomic mass is 16.5. The molecule has 0 aliphatic rings. The first kappa shape index (κ1) is 17.7. The van der Waals surface area contributed by atoms with Gasteiger partial charge in [-0.1, -0.05) is 26.0 Å². The molecule has 0 bridgehead atoms. The lowest BCUT2D eigenvalue weighted by Gasteiger charge is -2.10. The molecule has 4 heteroatoms. The Morgan fingerprint density at radius 1 is 1.12 bits per heavy atom. The summed E-state index contributed by atoms with van der Waals surface area (Å²) in [6.07, 6.45) is 2.04. The average Bonchev–Trinajstić information content (AvgIpc) is 2.60. The van der Waals surface area contributed by atoms with Gasteiger partial charge in [0.05, 0.1) is 5.69 Å². The van der Waals surface area contributed by atoms with Crippen LogP contribution in [0.5, 0.6) is 5.75 Å². The summed E-state index contributed by atoms with van der Waals surface area (Å²) in [7, 11) is 0. The fourth-order valence-electron chi connectivity index (χ4n) is 2.16. The zero-order chi connectivity index (χ0) is 17.5. The van der Waals surface area contributed by atoms with Crippen molar-refractivity contribution in [3.05, 3.63) is 59.7 Å². The van der Waals surface area contributed by atoms with Crippen LogP contribution in [0.2, 0.25) is 0 Å². The molecule has 0 radical (unpaired) electrons. The molecule has 0 amide bonds. The number of hydrogen-bond donors (Lipinski definition) is 1. The van der Waals surface area contributed by atoms with Crippen LogP contribution in [-0.4, -0.2) is 23.4 Å². The summed E-state index contributed by atoms with van der Waals surface area (Å²) < 4.78 is 5.30. The van der Waals surface area contributed by atoms with Crippen LogP contribution in [0.25, 0.3) is 0 Å². The van der Waals surface area contributed by atoms with E-state index < -0.39 is 12.1 Å². The molecule has 1 N–H and O–H groups in total. The van der Waals surface area contributed by atoms with Crippen LogP contribution >= 0.6 is 0 Å². The maximum atomic E-state index is 10.8. The van der Waals surface area contributed by atoms with Crippen LogP contribution in [-0.2, 0) is 4.79 Å². The van der Waals surface area contributed by atoms with Crippen molar-refractivity contribution in [3.63, 3.8) is 0 Å². The Morgan fingerprint density at radius 2 is 1.75 bits per heavy atom. The Kier molecular flexibility index (Phi) is 6.13. The van der Waals surface area contributed by atoms with Gasteiger partial charge in [-0.3, -0.25) is 4.99 Å². The van der Waals surface area contributed by atoms with Gasteiger partial charge >= 0.3 is 5.97 Å². The minimum absolute atomic E-state index is 0.528. The quantitative estimate of drug-likeness (QED) is 0.744. The van der Waals surface area contributed by atoms with E-state index in [9.17, 15) is 4.79 Å². The summed E-state index contributed by atoms with van der Waals surface area (Å²) in [5.74, 6) is 0.102. The molecular formula is C20H23NO3. The molecular weight excluding hydrogens is 302 g/mol. The highest BCUT2D eigenvalue weighted by Gasteiger charge is 2.11. The summed E-state index contributed by atoms with van der Waals surface area (Å²) in [4.78, 5) is 15.2. The molecule has 0 aromatic heterocycles. The first-order valence-corrected chi connectivity index (χ1v) is 8.13. The zero-order valence-corrected chi connectivity index (χ0v) is 14.3. The lowest BCUT2D eigenvalue weighted by molar-refractivity contribution is -0.144. The lowest BCUT2D eigenvalue weighted by Crippen LogP contribution is -2.22. The van der Waals surface area contributed by atoms with Crippen molar-refractivity contribution in [2.24, 2.45) is 4.99 Å². The average molecular weight is 325 g/mol. The highest BCUT2D eigenvalue weighted by molar-refractivity contribution is 5.82. The second-order valence-electron chi connectivity index (χ2n) is 5.83. The summed E-state index contributed by atoms with van der Waals surface area (Å²) in [5.41, 5.74) is 3.16. The lowest BCUT2D eigenvalue weighted by atomic mass is 9.99. The molecule has 0 fully saturated rings. The molecule has 24 heavy (non-hydrogen) atoms. The minimum Gasteiger partial charge on any atom is -0.479 e. The molecule has 4 nitrogen and oxygen atoms in total. The third-order valence-electron chi connectivity index (χ3n) is 3.98. The number of rotatable bonds is 7. The number of benzene rings is 2. The molecule has 0 saturated heterocycles. The van der Waals surface area contributed by atoms with Crippen molar-refractivity contribution >= 4 is 17.9 Å². The van der Waals surface area contributed by atoms with Crippen molar-refractivity contribution in [1.29, 1.82) is 0 Å². The Labute approximate surface area is 142 Å². The first-order chi connectivity index (χ1) is 11.5. The molecule has 2 atom stereocenters. The van der Waals surface area contributed by atoms with Crippen molar-refractivity contribution < 1.29 is 14.6 Å². The number of aliphatic imine (C=N–C) groups is 1. The normalized spacial score (nSPS) is 13.6. The Bertz CT molecular complexity index is 690. The van der Waals surface area contributed by atoms with Crippen molar-refractivity contribution in [3.8, 4) is 5.75 Å². The van der Waals surface area contributed by atoms with Crippen molar-refractivity contribution in [1.82, 2.24) is 0 Å². The molecule has 2 aromatic carbocycles. The van der Waals surface area contributed by atoms with Crippen LogP contribution < -0.4 is 4.74 Å². The minimum atomic E-state index is -0.985. The summed E-state index contributed by atoms with van der Waals surface area (Å²) in [5, 5.41) is 8.83. The SMILES string of the molecule is CCC(C)c1ccc(N=Cc2ccc(OC(C)C(=O)O)cc2)cc1. The van der Waals surface area contributed by atoms with Gasteiger partial charge in [0, 0.05) is 6.21 Å². The molecule has 2 unspecified atom stereocenters. The van der Waals surface area contributed by atoms with Gasteiger partial charge < -0.3 is 9.84 Å². The zero-order valence-electron chi connectivity index (χ0n) is 14.3. The Balaban J connectivity index is 2.00. The summed E-state index contributed by atoms with van der Waals surface area (Å²) >= 11 is 0. The molecule has 0 spiro atoms. The van der Waals surface area contributed by atoms with Gasteiger partial charge in [0.25, 0.3) is 0 Å². The standard InChI is InChI=1S/C20H23NO3/c1-4-14(2)17-7-9-18(10-8-17)21-13-16-5-11-19(12-6-16)24-15(3)20(22)23/h5-15H,4H2,1-3H3,(H,22,23). The summed E-state index contributed by atoms with van der Waals surface area (Å²) in [6.45, 7) is 5.90. The van der Waals surface area contributed by atoms with Crippen molar-refractivity contribution in [2.45, 2.75) is 39.2 Å². The molecule has 0 aliphatic heterocycles. The molecule has 0 aliphatic carbocycles. The number of aliphatic carboxylic acids is 1. The third kappa shape index (κ3) is 4.95. The monoisotopic (exact) mass is 325 g/mol. The van der Waals surface area contributed by atoms with Crippen LogP contribution in [0.1, 0.15) is 44.2 Å². The topological polar surface area (TPSA) is 58.9 Å². The number of carboxylic acids is 1. The second-order valence-corrected chi connectivity index (χ2v) is 5.83. The van der Waals surface area contributed by atoms with Crippen molar-refractivity contribution in [2.75, 3.05) is 0 Å². The van der Waals surface area contributed by atoms with Gasteiger partial charge in [-0.05, 0) is 66.8 Å². The van der Waals surface area contributed by atoms with E-state index in [4.69, 9.17) is 9.84 Å². The summed E-state index contributed by atoms with van der Waals surface area (Å²) in [6, 6.07) is 15.5. The van der Waals surface area contributed by atoms with Gasteiger partial charge in [-0.15, -0.1) is 0 Å². The van der Waals surface area contributed by atoms with E-state index in [0.717, 1.165) is 17.7 Å². The Morgan fingerprint density at radius 3 is 2.29 bits per heavy atom. The van der Waals surface area contributed by atoms with E-state index in [1.165, 1.54) is 12.5 Å². The number of carboxylic acid groups (broad SMARTS) is 1. The predicted molar refractivity (Wildman–Crippen MR) is 96.6 cm³/mol. The third-order valence-corrected chi connectivity index (χ3v) is 3.98.